The largest absolute Gasteiger partial charge is 0.431 e. The Morgan fingerprint density at radius 2 is 2.18 bits per heavy atom. The van der Waals surface area contributed by atoms with Crippen LogP contribution in [0.1, 0.15) is 26.8 Å². The number of oxazole rings is 1. The fourth-order valence-electron chi connectivity index (χ4n) is 2.62. The van der Waals surface area contributed by atoms with E-state index in [1.807, 2.05) is 43.3 Å². The molecule has 0 saturated carbocycles. The number of benzene rings is 1. The first-order valence-corrected chi connectivity index (χ1v) is 10.7. The van der Waals surface area contributed by atoms with Crippen LogP contribution < -0.4 is 5.32 Å². The Kier molecular flexibility index (Phi) is 5.68. The van der Waals surface area contributed by atoms with Gasteiger partial charge in [0.2, 0.25) is 0 Å². The van der Waals surface area contributed by atoms with E-state index < -0.39 is 0 Å². The Morgan fingerprint density at radius 3 is 3.04 bits per heavy atom. The molecule has 1 N–H and O–H groups in total. The molecular weight excluding hydrogens is 392 g/mol. The van der Waals surface area contributed by atoms with Crippen molar-refractivity contribution in [3.8, 4) is 0 Å². The molecule has 8 heteroatoms. The van der Waals surface area contributed by atoms with Crippen LogP contribution in [0.25, 0.3) is 11.1 Å². The summed E-state index contributed by atoms with van der Waals surface area (Å²) in [6.45, 7) is 2.55. The zero-order valence-corrected chi connectivity index (χ0v) is 16.8. The van der Waals surface area contributed by atoms with Gasteiger partial charge in [0.25, 0.3) is 11.1 Å². The number of fused-ring (bicyclic) bond motifs is 1. The summed E-state index contributed by atoms with van der Waals surface area (Å²) < 4.78 is 5.74. The van der Waals surface area contributed by atoms with Crippen molar-refractivity contribution < 1.29 is 9.21 Å². The van der Waals surface area contributed by atoms with Crippen LogP contribution in [0.2, 0.25) is 0 Å². The topological polar surface area (TPSA) is 80.9 Å². The third-order valence-corrected chi connectivity index (χ3v) is 5.89. The van der Waals surface area contributed by atoms with Crippen LogP contribution in [0, 0.1) is 6.92 Å². The molecule has 3 aromatic heterocycles. The second kappa shape index (κ2) is 8.53. The molecule has 3 heterocycles. The molecule has 28 heavy (non-hydrogen) atoms. The average molecular weight is 411 g/mol. The molecule has 1 amide bonds. The monoisotopic (exact) mass is 410 g/mol. The van der Waals surface area contributed by atoms with E-state index in [0.717, 1.165) is 27.4 Å². The summed E-state index contributed by atoms with van der Waals surface area (Å²) in [5, 5.41) is 6.13. The Morgan fingerprint density at radius 1 is 1.25 bits per heavy atom. The third kappa shape index (κ3) is 4.58. The number of nitrogens with one attached hydrogen (secondary N) is 1. The third-order valence-electron chi connectivity index (χ3n) is 4.02. The van der Waals surface area contributed by atoms with E-state index in [9.17, 15) is 4.79 Å². The summed E-state index contributed by atoms with van der Waals surface area (Å²) in [4.78, 5) is 25.4. The van der Waals surface area contributed by atoms with Crippen LogP contribution in [0.4, 0.5) is 0 Å². The second-order valence-corrected chi connectivity index (χ2v) is 8.06. The number of carbonyl (C=O) groups excluding carboxylic acids is 1. The van der Waals surface area contributed by atoms with E-state index in [1.165, 1.54) is 23.1 Å². The van der Waals surface area contributed by atoms with E-state index in [1.54, 1.807) is 11.6 Å². The van der Waals surface area contributed by atoms with Gasteiger partial charge in [-0.1, -0.05) is 23.9 Å². The molecule has 0 unspecified atom stereocenters. The zero-order valence-electron chi connectivity index (χ0n) is 15.2. The van der Waals surface area contributed by atoms with Crippen LogP contribution in [-0.2, 0) is 12.2 Å². The number of aryl methyl sites for hydroxylation is 1. The minimum Gasteiger partial charge on any atom is -0.431 e. The van der Waals surface area contributed by atoms with Gasteiger partial charge >= 0.3 is 0 Å². The Labute approximate surface area is 170 Å². The standard InChI is InChI=1S/C20H18N4O2S2/c1-13-5-6-17-15(10-13)24-20(26-17)28-12-18-23-16(11-27-18)19(25)22-9-7-14-4-2-3-8-21-14/h2-6,8,10-11H,7,9,12H2,1H3,(H,22,25). The lowest BCUT2D eigenvalue weighted by atomic mass is 10.2. The molecule has 0 spiro atoms. The maximum atomic E-state index is 12.2. The lowest BCUT2D eigenvalue weighted by Crippen LogP contribution is -2.26. The van der Waals surface area contributed by atoms with Gasteiger partial charge in [-0.05, 0) is 36.8 Å². The van der Waals surface area contributed by atoms with Crippen molar-refractivity contribution in [1.82, 2.24) is 20.3 Å². The second-order valence-electron chi connectivity index (χ2n) is 6.19. The summed E-state index contributed by atoms with van der Waals surface area (Å²) in [7, 11) is 0. The van der Waals surface area contributed by atoms with Crippen molar-refractivity contribution in [2.75, 3.05) is 6.54 Å². The smallest absolute Gasteiger partial charge is 0.270 e. The number of hydrogen-bond acceptors (Lipinski definition) is 7. The number of aromatic nitrogens is 3. The van der Waals surface area contributed by atoms with E-state index in [4.69, 9.17) is 4.42 Å². The summed E-state index contributed by atoms with van der Waals surface area (Å²) in [5.74, 6) is 0.443. The van der Waals surface area contributed by atoms with Crippen LogP contribution in [-0.4, -0.2) is 27.4 Å². The van der Waals surface area contributed by atoms with E-state index in [2.05, 4.69) is 20.3 Å². The first-order valence-electron chi connectivity index (χ1n) is 8.80. The van der Waals surface area contributed by atoms with Gasteiger partial charge in [0.1, 0.15) is 16.2 Å². The van der Waals surface area contributed by atoms with Gasteiger partial charge < -0.3 is 9.73 Å². The van der Waals surface area contributed by atoms with E-state index in [0.29, 0.717) is 29.6 Å². The molecular formula is C20H18N4O2S2. The highest BCUT2D eigenvalue weighted by molar-refractivity contribution is 7.98. The van der Waals surface area contributed by atoms with Gasteiger partial charge in [-0.3, -0.25) is 9.78 Å². The highest BCUT2D eigenvalue weighted by Gasteiger charge is 2.12. The molecule has 0 fully saturated rings. The molecule has 0 radical (unpaired) electrons. The number of hydrogen-bond donors (Lipinski definition) is 1. The summed E-state index contributed by atoms with van der Waals surface area (Å²) in [6.07, 6.45) is 2.44. The van der Waals surface area contributed by atoms with Crippen LogP contribution in [0.3, 0.4) is 0 Å². The first kappa shape index (κ1) is 18.6. The number of thiazole rings is 1. The number of rotatable bonds is 7. The van der Waals surface area contributed by atoms with Gasteiger partial charge in [0.05, 0.1) is 5.75 Å². The summed E-state index contributed by atoms with van der Waals surface area (Å²) >= 11 is 2.94. The van der Waals surface area contributed by atoms with Crippen LogP contribution in [0.15, 0.2) is 57.6 Å². The highest BCUT2D eigenvalue weighted by Crippen LogP contribution is 2.27. The predicted molar refractivity (Wildman–Crippen MR) is 111 cm³/mol. The Bertz CT molecular complexity index is 1090. The van der Waals surface area contributed by atoms with Gasteiger partial charge in [0, 0.05) is 30.2 Å². The predicted octanol–water partition coefficient (Wildman–Crippen LogP) is 4.25. The first-order chi connectivity index (χ1) is 13.7. The average Bonchev–Trinajstić information content (AvgIpc) is 3.33. The molecule has 6 nitrogen and oxygen atoms in total. The quantitative estimate of drug-likeness (QED) is 0.459. The van der Waals surface area contributed by atoms with E-state index >= 15 is 0 Å². The van der Waals surface area contributed by atoms with Gasteiger partial charge in [-0.15, -0.1) is 11.3 Å². The maximum Gasteiger partial charge on any atom is 0.270 e. The lowest BCUT2D eigenvalue weighted by molar-refractivity contribution is 0.0949. The van der Waals surface area contributed by atoms with Crippen LogP contribution in [0.5, 0.6) is 0 Å². The molecule has 4 rings (SSSR count). The number of pyridine rings is 1. The molecule has 0 atom stereocenters. The summed E-state index contributed by atoms with van der Waals surface area (Å²) in [6, 6.07) is 11.7. The highest BCUT2D eigenvalue weighted by atomic mass is 32.2. The molecule has 4 aromatic rings. The molecule has 0 saturated heterocycles. The van der Waals surface area contributed by atoms with E-state index in [-0.39, 0.29) is 5.91 Å². The van der Waals surface area contributed by atoms with Crippen molar-refractivity contribution in [2.24, 2.45) is 0 Å². The van der Waals surface area contributed by atoms with Gasteiger partial charge in [0.15, 0.2) is 5.58 Å². The Balaban J connectivity index is 1.30. The minimum absolute atomic E-state index is 0.166. The lowest BCUT2D eigenvalue weighted by Gasteiger charge is -2.02. The van der Waals surface area contributed by atoms with Crippen molar-refractivity contribution in [2.45, 2.75) is 24.3 Å². The maximum absolute atomic E-state index is 12.2. The number of amides is 1. The molecule has 1 aromatic carbocycles. The summed E-state index contributed by atoms with van der Waals surface area (Å²) in [5.41, 5.74) is 4.17. The number of carbonyl (C=O) groups is 1. The normalized spacial score (nSPS) is 11.0. The number of thioether (sulfide) groups is 1. The van der Waals surface area contributed by atoms with Crippen molar-refractivity contribution in [3.63, 3.8) is 0 Å². The van der Waals surface area contributed by atoms with Crippen LogP contribution >= 0.6 is 23.1 Å². The fraction of sp³-hybridized carbons (Fsp3) is 0.200. The molecule has 0 aliphatic carbocycles. The molecule has 0 aliphatic heterocycles. The van der Waals surface area contributed by atoms with Crippen molar-refractivity contribution in [3.05, 3.63) is 69.9 Å². The molecule has 0 aliphatic rings. The zero-order chi connectivity index (χ0) is 19.3. The number of nitrogens with zero attached hydrogens (tertiary/aromatic N) is 3. The van der Waals surface area contributed by atoms with Gasteiger partial charge in [-0.25, -0.2) is 9.97 Å². The van der Waals surface area contributed by atoms with Gasteiger partial charge in [-0.2, -0.15) is 0 Å². The fourth-order valence-corrected chi connectivity index (χ4v) is 4.25. The molecule has 142 valence electrons. The minimum atomic E-state index is -0.166. The van der Waals surface area contributed by atoms with Crippen molar-refractivity contribution >= 4 is 40.1 Å². The SMILES string of the molecule is Cc1ccc2oc(SCc3nc(C(=O)NCCc4ccccn4)cs3)nc2c1. The molecule has 0 bridgehead atoms. The Hall–Kier alpha value is -2.71. The van der Waals surface area contributed by atoms with Crippen molar-refractivity contribution in [1.29, 1.82) is 0 Å².